The highest BCUT2D eigenvalue weighted by Crippen LogP contribution is 2.34. The Kier molecular flexibility index (Phi) is 3.66. The fourth-order valence-electron chi connectivity index (χ4n) is 2.34. The highest BCUT2D eigenvalue weighted by molar-refractivity contribution is 7.18. The molecule has 5 heteroatoms. The molecule has 0 N–H and O–H groups in total. The molecule has 0 aliphatic carbocycles. The van der Waals surface area contributed by atoms with Gasteiger partial charge >= 0.3 is 0 Å². The monoisotopic (exact) mass is 314 g/mol. The molecule has 106 valence electrons. The van der Waals surface area contributed by atoms with Gasteiger partial charge in [0.1, 0.15) is 10.7 Å². The van der Waals surface area contributed by atoms with Gasteiger partial charge in [0.25, 0.3) is 5.56 Å². The van der Waals surface area contributed by atoms with E-state index in [0.29, 0.717) is 5.39 Å². The smallest absolute Gasteiger partial charge is 0.263 e. The number of aromatic nitrogens is 2. The van der Waals surface area contributed by atoms with Gasteiger partial charge in [-0.15, -0.1) is 29.1 Å². The Morgan fingerprint density at radius 1 is 1.43 bits per heavy atom. The largest absolute Gasteiger partial charge is 0.284 e. The summed E-state index contributed by atoms with van der Waals surface area (Å²) in [5, 5.41) is 4.70. The predicted octanol–water partition coefficient (Wildman–Crippen LogP) is 3.94. The summed E-state index contributed by atoms with van der Waals surface area (Å²) in [6.07, 6.45) is 5.42. The average Bonchev–Trinajstić information content (AvgIpc) is 3.09. The maximum Gasteiger partial charge on any atom is 0.263 e. The third-order valence-electron chi connectivity index (χ3n) is 3.28. The molecule has 0 bridgehead atoms. The Bertz CT molecular complexity index is 880. The van der Waals surface area contributed by atoms with Crippen molar-refractivity contribution in [2.75, 3.05) is 0 Å². The Balaban J connectivity index is 2.36. The molecule has 0 aliphatic heterocycles. The Morgan fingerprint density at radius 3 is 2.86 bits per heavy atom. The van der Waals surface area contributed by atoms with Crippen molar-refractivity contribution in [1.29, 1.82) is 0 Å². The van der Waals surface area contributed by atoms with Crippen LogP contribution in [0.2, 0.25) is 0 Å². The fourth-order valence-corrected chi connectivity index (χ4v) is 4.10. The zero-order valence-corrected chi connectivity index (χ0v) is 13.4. The maximum absolute atomic E-state index is 12.9. The molecule has 3 aromatic heterocycles. The third-order valence-corrected chi connectivity index (χ3v) is 5.05. The highest BCUT2D eigenvalue weighted by Gasteiger charge is 2.18. The molecule has 0 fully saturated rings. The predicted molar refractivity (Wildman–Crippen MR) is 90.1 cm³/mol. The Morgan fingerprint density at radius 2 is 2.24 bits per heavy atom. The summed E-state index contributed by atoms with van der Waals surface area (Å²) in [6.45, 7) is 4.30. The summed E-state index contributed by atoms with van der Waals surface area (Å²) in [5.74, 6) is 3.47. The molecule has 0 aromatic carbocycles. The highest BCUT2D eigenvalue weighted by atomic mass is 32.1. The van der Waals surface area contributed by atoms with Gasteiger partial charge in [0, 0.05) is 21.7 Å². The van der Waals surface area contributed by atoms with E-state index in [1.807, 2.05) is 36.7 Å². The lowest BCUT2D eigenvalue weighted by Gasteiger charge is -2.12. The van der Waals surface area contributed by atoms with Gasteiger partial charge in [0.2, 0.25) is 0 Å². The topological polar surface area (TPSA) is 34.9 Å². The van der Waals surface area contributed by atoms with E-state index in [1.54, 1.807) is 15.9 Å². The van der Waals surface area contributed by atoms with E-state index >= 15 is 0 Å². The van der Waals surface area contributed by atoms with E-state index in [0.717, 1.165) is 21.1 Å². The molecule has 3 aromatic rings. The van der Waals surface area contributed by atoms with Crippen LogP contribution in [0.1, 0.15) is 25.6 Å². The zero-order valence-electron chi connectivity index (χ0n) is 11.8. The molecule has 3 heterocycles. The standard InChI is InChI=1S/C16H14N2OS2/c1-4-7-18-14(10(2)3)17-15-13(16(18)19)11(9-21-15)12-6-5-8-20-12/h1,5-6,8-10H,7H2,2-3H3. The van der Waals surface area contributed by atoms with Crippen molar-refractivity contribution in [2.24, 2.45) is 0 Å². The number of hydrogen-bond acceptors (Lipinski definition) is 4. The molecule has 0 spiro atoms. The van der Waals surface area contributed by atoms with Crippen molar-refractivity contribution in [2.45, 2.75) is 26.3 Å². The lowest BCUT2D eigenvalue weighted by atomic mass is 10.1. The van der Waals surface area contributed by atoms with Crippen molar-refractivity contribution in [3.05, 3.63) is 39.1 Å². The van der Waals surface area contributed by atoms with Gasteiger partial charge in [-0.2, -0.15) is 0 Å². The van der Waals surface area contributed by atoms with Crippen molar-refractivity contribution >= 4 is 32.9 Å². The minimum absolute atomic E-state index is 0.0358. The first-order valence-electron chi connectivity index (χ1n) is 6.62. The second-order valence-corrected chi connectivity index (χ2v) is 6.83. The molecule has 3 nitrogen and oxygen atoms in total. The summed E-state index contributed by atoms with van der Waals surface area (Å²) in [4.78, 5) is 19.4. The number of nitrogens with zero attached hydrogens (tertiary/aromatic N) is 2. The average molecular weight is 314 g/mol. The normalized spacial score (nSPS) is 11.1. The molecule has 0 atom stereocenters. The number of rotatable bonds is 3. The van der Waals surface area contributed by atoms with Gasteiger partial charge in [-0.1, -0.05) is 25.8 Å². The van der Waals surface area contributed by atoms with Crippen molar-refractivity contribution < 1.29 is 0 Å². The first-order valence-corrected chi connectivity index (χ1v) is 8.38. The molecule has 0 saturated carbocycles. The Labute approximate surface area is 130 Å². The lowest BCUT2D eigenvalue weighted by Crippen LogP contribution is -2.25. The summed E-state index contributed by atoms with van der Waals surface area (Å²) >= 11 is 3.14. The van der Waals surface area contributed by atoms with Crippen LogP contribution in [0, 0.1) is 12.3 Å². The van der Waals surface area contributed by atoms with Crippen molar-refractivity contribution in [1.82, 2.24) is 9.55 Å². The molecule has 21 heavy (non-hydrogen) atoms. The van der Waals surface area contributed by atoms with Gasteiger partial charge in [-0.3, -0.25) is 9.36 Å². The Hall–Kier alpha value is -1.90. The second kappa shape index (κ2) is 5.47. The van der Waals surface area contributed by atoms with Crippen LogP contribution in [0.4, 0.5) is 0 Å². The van der Waals surface area contributed by atoms with Gasteiger partial charge < -0.3 is 0 Å². The molecule has 0 aliphatic rings. The third kappa shape index (κ3) is 2.31. The lowest BCUT2D eigenvalue weighted by molar-refractivity contribution is 0.651. The van der Waals surface area contributed by atoms with E-state index < -0.39 is 0 Å². The van der Waals surface area contributed by atoms with Crippen LogP contribution in [0.3, 0.4) is 0 Å². The van der Waals surface area contributed by atoms with Gasteiger partial charge in [0.05, 0.1) is 11.9 Å². The van der Waals surface area contributed by atoms with Gasteiger partial charge in [-0.25, -0.2) is 4.98 Å². The fraction of sp³-hybridized carbons (Fsp3) is 0.250. The number of terminal acetylenes is 1. The summed E-state index contributed by atoms with van der Waals surface area (Å²) < 4.78 is 1.62. The van der Waals surface area contributed by atoms with E-state index in [-0.39, 0.29) is 18.0 Å². The number of hydrogen-bond donors (Lipinski definition) is 0. The minimum Gasteiger partial charge on any atom is -0.284 e. The van der Waals surface area contributed by atoms with Gasteiger partial charge in [0.15, 0.2) is 0 Å². The van der Waals surface area contributed by atoms with Crippen molar-refractivity contribution in [3.8, 4) is 22.8 Å². The first-order chi connectivity index (χ1) is 10.1. The SMILES string of the molecule is C#CCn1c(C(C)C)nc2scc(-c3cccs3)c2c1=O. The first kappa shape index (κ1) is 14.1. The summed E-state index contributed by atoms with van der Waals surface area (Å²) in [5.41, 5.74) is 0.926. The van der Waals surface area contributed by atoms with Crippen LogP contribution in [0.5, 0.6) is 0 Å². The molecule has 0 unspecified atom stereocenters. The van der Waals surface area contributed by atoms with Crippen LogP contribution in [-0.4, -0.2) is 9.55 Å². The van der Waals surface area contributed by atoms with E-state index in [4.69, 9.17) is 6.42 Å². The molecular weight excluding hydrogens is 300 g/mol. The minimum atomic E-state index is -0.0358. The van der Waals surface area contributed by atoms with E-state index in [2.05, 4.69) is 10.9 Å². The molecular formula is C16H14N2OS2. The molecule has 0 saturated heterocycles. The van der Waals surface area contributed by atoms with Crippen LogP contribution < -0.4 is 5.56 Å². The quantitative estimate of drug-likeness (QED) is 0.686. The van der Waals surface area contributed by atoms with E-state index in [9.17, 15) is 4.79 Å². The maximum atomic E-state index is 12.9. The zero-order chi connectivity index (χ0) is 15.0. The second-order valence-electron chi connectivity index (χ2n) is 5.03. The molecule has 3 rings (SSSR count). The number of thiophene rings is 2. The van der Waals surface area contributed by atoms with Crippen molar-refractivity contribution in [3.63, 3.8) is 0 Å². The van der Waals surface area contributed by atoms with E-state index in [1.165, 1.54) is 11.3 Å². The summed E-state index contributed by atoms with van der Waals surface area (Å²) in [7, 11) is 0. The number of fused-ring (bicyclic) bond motifs is 1. The van der Waals surface area contributed by atoms with Crippen LogP contribution in [0.15, 0.2) is 27.7 Å². The van der Waals surface area contributed by atoms with Crippen LogP contribution >= 0.6 is 22.7 Å². The molecule has 0 amide bonds. The van der Waals surface area contributed by atoms with Crippen LogP contribution in [-0.2, 0) is 6.54 Å². The van der Waals surface area contributed by atoms with Crippen LogP contribution in [0.25, 0.3) is 20.7 Å². The van der Waals surface area contributed by atoms with Gasteiger partial charge in [-0.05, 0) is 11.4 Å². The molecule has 0 radical (unpaired) electrons. The summed E-state index contributed by atoms with van der Waals surface area (Å²) in [6, 6.07) is 4.01.